The zero-order valence-corrected chi connectivity index (χ0v) is 12.5. The van der Waals surface area contributed by atoms with E-state index < -0.39 is 0 Å². The Bertz CT molecular complexity index is 488. The first-order chi connectivity index (χ1) is 10.3. The summed E-state index contributed by atoms with van der Waals surface area (Å²) in [5.41, 5.74) is 1.30. The van der Waals surface area contributed by atoms with Crippen LogP contribution in [0.4, 0.5) is 0 Å². The van der Waals surface area contributed by atoms with Gasteiger partial charge in [0.1, 0.15) is 6.61 Å². The number of amides is 1. The molecule has 0 aliphatic heterocycles. The fourth-order valence-electron chi connectivity index (χ4n) is 1.71. The molecule has 0 aliphatic rings. The molecule has 1 aromatic rings. The van der Waals surface area contributed by atoms with Crippen LogP contribution < -0.4 is 5.32 Å². The molecule has 0 fully saturated rings. The number of carbonyl (C=O) groups excluding carboxylic acids is 1. The van der Waals surface area contributed by atoms with E-state index in [2.05, 4.69) is 24.1 Å². The Balaban J connectivity index is 2.32. The monoisotopic (exact) mass is 289 g/mol. The molecule has 0 saturated carbocycles. The van der Waals surface area contributed by atoms with Crippen LogP contribution >= 0.6 is 0 Å². The van der Waals surface area contributed by atoms with Crippen molar-refractivity contribution in [2.45, 2.75) is 26.2 Å². The number of benzene rings is 1. The van der Waals surface area contributed by atoms with Crippen LogP contribution in [0.5, 0.6) is 0 Å². The Morgan fingerprint density at radius 1 is 1.33 bits per heavy atom. The van der Waals surface area contributed by atoms with Gasteiger partial charge in [-0.2, -0.15) is 0 Å². The number of rotatable bonds is 8. The number of aliphatic hydroxyl groups excluding tert-OH is 1. The number of aliphatic hydroxyl groups is 1. The largest absolute Gasteiger partial charge is 0.384 e. The number of nitrogens with one attached hydrogen (secondary N) is 1. The zero-order chi connectivity index (χ0) is 15.3. The van der Waals surface area contributed by atoms with Crippen molar-refractivity contribution in [3.8, 4) is 11.8 Å². The molecule has 4 nitrogen and oxygen atoms in total. The minimum Gasteiger partial charge on any atom is -0.384 e. The Labute approximate surface area is 126 Å². The third-order valence-corrected chi connectivity index (χ3v) is 2.83. The van der Waals surface area contributed by atoms with Gasteiger partial charge in [-0.1, -0.05) is 31.3 Å². The molecule has 1 rings (SSSR count). The van der Waals surface area contributed by atoms with Crippen molar-refractivity contribution in [3.63, 3.8) is 0 Å². The molecule has 0 saturated heterocycles. The first-order valence-electron chi connectivity index (χ1n) is 7.33. The second kappa shape index (κ2) is 10.9. The second-order valence-electron chi connectivity index (χ2n) is 4.62. The second-order valence-corrected chi connectivity index (χ2v) is 4.62. The molecule has 0 aliphatic carbocycles. The van der Waals surface area contributed by atoms with Gasteiger partial charge in [-0.3, -0.25) is 4.79 Å². The molecule has 1 amide bonds. The molecule has 0 aromatic heterocycles. The Morgan fingerprint density at radius 2 is 2.14 bits per heavy atom. The molecule has 0 bridgehead atoms. The molecular weight excluding hydrogens is 266 g/mol. The standard InChI is InChI=1S/C17H23NO3/c1-2-3-12-21-13-6-10-18-17(20)16-9-4-7-15(14-16)8-5-11-19/h4,7,9,14,19H,2-3,6,10-13H2,1H3,(H,18,20). The quantitative estimate of drug-likeness (QED) is 0.568. The van der Waals surface area contributed by atoms with Crippen LogP contribution in [-0.2, 0) is 4.74 Å². The van der Waals surface area contributed by atoms with Crippen LogP contribution in [0.1, 0.15) is 42.1 Å². The number of hydrogen-bond acceptors (Lipinski definition) is 3. The summed E-state index contributed by atoms with van der Waals surface area (Å²) in [5, 5.41) is 11.5. The van der Waals surface area contributed by atoms with Gasteiger partial charge in [0.25, 0.3) is 5.91 Å². The van der Waals surface area contributed by atoms with Gasteiger partial charge >= 0.3 is 0 Å². The van der Waals surface area contributed by atoms with Gasteiger partial charge in [0.2, 0.25) is 0 Å². The van der Waals surface area contributed by atoms with Gasteiger partial charge < -0.3 is 15.2 Å². The van der Waals surface area contributed by atoms with Crippen LogP contribution in [-0.4, -0.2) is 37.4 Å². The number of ether oxygens (including phenoxy) is 1. The molecule has 2 N–H and O–H groups in total. The van der Waals surface area contributed by atoms with Crippen LogP contribution in [0.25, 0.3) is 0 Å². The van der Waals surface area contributed by atoms with Crippen molar-refractivity contribution in [2.75, 3.05) is 26.4 Å². The molecule has 0 unspecified atom stereocenters. The van der Waals surface area contributed by atoms with Gasteiger partial charge in [-0.25, -0.2) is 0 Å². The molecule has 4 heteroatoms. The summed E-state index contributed by atoms with van der Waals surface area (Å²) in [6, 6.07) is 7.05. The summed E-state index contributed by atoms with van der Waals surface area (Å²) in [4.78, 5) is 12.0. The Hall–Kier alpha value is -1.83. The maximum Gasteiger partial charge on any atom is 0.251 e. The fraction of sp³-hybridized carbons (Fsp3) is 0.471. The highest BCUT2D eigenvalue weighted by Crippen LogP contribution is 2.04. The van der Waals surface area contributed by atoms with Crippen molar-refractivity contribution < 1.29 is 14.6 Å². The van der Waals surface area contributed by atoms with E-state index in [1.165, 1.54) is 0 Å². The van der Waals surface area contributed by atoms with Crippen LogP contribution in [0.2, 0.25) is 0 Å². The normalized spacial score (nSPS) is 9.81. The minimum absolute atomic E-state index is 0.115. The molecule has 114 valence electrons. The Kier molecular flexibility index (Phi) is 8.94. The van der Waals surface area contributed by atoms with E-state index in [1.54, 1.807) is 24.3 Å². The maximum atomic E-state index is 12.0. The lowest BCUT2D eigenvalue weighted by Gasteiger charge is -2.06. The highest BCUT2D eigenvalue weighted by atomic mass is 16.5. The molecule has 0 heterocycles. The lowest BCUT2D eigenvalue weighted by Crippen LogP contribution is -2.25. The third kappa shape index (κ3) is 7.50. The van der Waals surface area contributed by atoms with Crippen molar-refractivity contribution in [1.29, 1.82) is 0 Å². The van der Waals surface area contributed by atoms with Gasteiger partial charge in [-0.05, 0) is 31.0 Å². The van der Waals surface area contributed by atoms with Crippen molar-refractivity contribution in [1.82, 2.24) is 5.32 Å². The molecule has 1 aromatic carbocycles. The smallest absolute Gasteiger partial charge is 0.251 e. The topological polar surface area (TPSA) is 58.6 Å². The average molecular weight is 289 g/mol. The molecular formula is C17H23NO3. The first-order valence-corrected chi connectivity index (χ1v) is 7.33. The number of carbonyl (C=O) groups is 1. The summed E-state index contributed by atoms with van der Waals surface area (Å²) < 4.78 is 5.43. The number of unbranched alkanes of at least 4 members (excludes halogenated alkanes) is 1. The fourth-order valence-corrected chi connectivity index (χ4v) is 1.71. The van der Waals surface area contributed by atoms with Gasteiger partial charge in [-0.15, -0.1) is 0 Å². The summed E-state index contributed by atoms with van der Waals surface area (Å²) in [6.45, 7) is 3.99. The number of hydrogen-bond donors (Lipinski definition) is 2. The summed E-state index contributed by atoms with van der Waals surface area (Å²) in [6.07, 6.45) is 3.01. The third-order valence-electron chi connectivity index (χ3n) is 2.83. The summed E-state index contributed by atoms with van der Waals surface area (Å²) in [5.74, 6) is 5.24. The Morgan fingerprint density at radius 3 is 2.90 bits per heavy atom. The van der Waals surface area contributed by atoms with Gasteiger partial charge in [0.05, 0.1) is 0 Å². The van der Waals surface area contributed by atoms with E-state index in [0.717, 1.165) is 31.4 Å². The maximum absolute atomic E-state index is 12.0. The van der Waals surface area contributed by atoms with E-state index in [-0.39, 0.29) is 12.5 Å². The minimum atomic E-state index is -0.186. The van der Waals surface area contributed by atoms with E-state index in [4.69, 9.17) is 9.84 Å². The van der Waals surface area contributed by atoms with Crippen molar-refractivity contribution >= 4 is 5.91 Å². The SMILES string of the molecule is CCCCOCCCNC(=O)c1cccc(C#CCO)c1. The van der Waals surface area contributed by atoms with E-state index in [0.29, 0.717) is 18.7 Å². The van der Waals surface area contributed by atoms with E-state index in [9.17, 15) is 4.79 Å². The van der Waals surface area contributed by atoms with Crippen molar-refractivity contribution in [3.05, 3.63) is 35.4 Å². The zero-order valence-electron chi connectivity index (χ0n) is 12.5. The molecule has 0 radical (unpaired) electrons. The summed E-state index contributed by atoms with van der Waals surface area (Å²) in [7, 11) is 0. The predicted octanol–water partition coefficient (Wildman–Crippen LogP) is 1.97. The van der Waals surface area contributed by atoms with E-state index >= 15 is 0 Å². The van der Waals surface area contributed by atoms with Crippen LogP contribution in [0.15, 0.2) is 24.3 Å². The predicted molar refractivity (Wildman–Crippen MR) is 83.1 cm³/mol. The summed E-state index contributed by atoms with van der Waals surface area (Å²) >= 11 is 0. The van der Waals surface area contributed by atoms with E-state index in [1.807, 2.05) is 0 Å². The highest BCUT2D eigenvalue weighted by molar-refractivity contribution is 5.94. The van der Waals surface area contributed by atoms with Crippen LogP contribution in [0, 0.1) is 11.8 Å². The van der Waals surface area contributed by atoms with Gasteiger partial charge in [0.15, 0.2) is 0 Å². The lowest BCUT2D eigenvalue weighted by atomic mass is 10.1. The van der Waals surface area contributed by atoms with Crippen molar-refractivity contribution in [2.24, 2.45) is 0 Å². The van der Waals surface area contributed by atoms with Crippen LogP contribution in [0.3, 0.4) is 0 Å². The lowest BCUT2D eigenvalue weighted by molar-refractivity contribution is 0.0940. The van der Waals surface area contributed by atoms with Gasteiger partial charge in [0, 0.05) is 30.9 Å². The highest BCUT2D eigenvalue weighted by Gasteiger charge is 2.04. The average Bonchev–Trinajstić information content (AvgIpc) is 2.52. The molecule has 0 spiro atoms. The molecule has 0 atom stereocenters. The molecule has 21 heavy (non-hydrogen) atoms. The first kappa shape index (κ1) is 17.2.